The van der Waals surface area contributed by atoms with Crippen molar-refractivity contribution in [3.05, 3.63) is 0 Å². The monoisotopic (exact) mass is 797 g/mol. The lowest BCUT2D eigenvalue weighted by atomic mass is 9.32. The van der Waals surface area contributed by atoms with Gasteiger partial charge in [-0.25, -0.2) is 0 Å². The summed E-state index contributed by atoms with van der Waals surface area (Å²) in [6.07, 6.45) is 14.0. The summed E-state index contributed by atoms with van der Waals surface area (Å²) in [6.45, 7) is 13.4. The summed E-state index contributed by atoms with van der Waals surface area (Å²) >= 11 is 0. The zero-order chi connectivity index (χ0) is 46.4. The molecule has 8 rings (SSSR count). The van der Waals surface area contributed by atoms with Crippen molar-refractivity contribution in [2.45, 2.75) is 190 Å². The van der Waals surface area contributed by atoms with Gasteiger partial charge in [0.15, 0.2) is 0 Å². The average molecular weight is 797 g/mol. The molecule has 2 amide bonds. The number of esters is 1. The molecule has 8 nitrogen and oxygen atoms in total. The maximum atomic E-state index is 15.2. The van der Waals surface area contributed by atoms with E-state index < -0.39 is 54.4 Å². The lowest BCUT2D eigenvalue weighted by Crippen LogP contribution is -2.68. The Kier molecular flexibility index (Phi) is 8.15. The van der Waals surface area contributed by atoms with Crippen LogP contribution in [0.4, 0.5) is 0 Å². The molecule has 0 aromatic rings. The van der Waals surface area contributed by atoms with Crippen LogP contribution < -0.4 is 5.32 Å². The number of carboxylic acid groups (broad SMARTS) is 1. The molecular weight excluding hydrogens is 713 g/mol. The number of carbonyl (C=O) groups is 4. The first-order valence-electron chi connectivity index (χ1n) is 26.0. The van der Waals surface area contributed by atoms with E-state index in [0.717, 1.165) is 90.1 Å². The second-order valence-electron chi connectivity index (χ2n) is 23.4. The van der Waals surface area contributed by atoms with E-state index in [-0.39, 0.29) is 56.8 Å². The highest BCUT2D eigenvalue weighted by Crippen LogP contribution is 2.79. The first-order chi connectivity index (χ1) is 29.0. The van der Waals surface area contributed by atoms with Crippen molar-refractivity contribution in [3.63, 3.8) is 0 Å². The van der Waals surface area contributed by atoms with E-state index in [0.29, 0.717) is 30.1 Å². The Labute approximate surface area is 353 Å². The third-order valence-electron chi connectivity index (χ3n) is 20.3. The van der Waals surface area contributed by atoms with Gasteiger partial charge in [-0.3, -0.25) is 19.2 Å². The number of hydrogen-bond donors (Lipinski definition) is 2. The Morgan fingerprint density at radius 2 is 1.46 bits per heavy atom. The molecule has 8 aliphatic rings. The zero-order valence-corrected chi connectivity index (χ0v) is 36.5. The van der Waals surface area contributed by atoms with Gasteiger partial charge in [-0.05, 0) is 173 Å². The van der Waals surface area contributed by atoms with Crippen LogP contribution in [0.3, 0.4) is 0 Å². The van der Waals surface area contributed by atoms with Crippen LogP contribution >= 0.6 is 0 Å². The second kappa shape index (κ2) is 13.4. The Bertz CT molecular complexity index is 1860. The summed E-state index contributed by atoms with van der Waals surface area (Å²) < 4.78 is 53.5. The van der Waals surface area contributed by atoms with Crippen molar-refractivity contribution in [1.29, 1.82) is 0 Å². The molecule has 2 N–H and O–H groups in total. The fourth-order valence-corrected chi connectivity index (χ4v) is 16.2. The topological polar surface area (TPSA) is 113 Å². The molecule has 1 aliphatic heterocycles. The first kappa shape index (κ1) is 34.6. The molecule has 320 valence electrons. The molecule has 8 heteroatoms. The number of nitrogens with one attached hydrogen (secondary N) is 1. The quantitative estimate of drug-likeness (QED) is 0.237. The molecule has 1 heterocycles. The van der Waals surface area contributed by atoms with Crippen LogP contribution in [0.2, 0.25) is 0 Å². The number of nitrogens with zero attached hydrogens (tertiary/aromatic N) is 1. The predicted molar refractivity (Wildman–Crippen MR) is 222 cm³/mol. The van der Waals surface area contributed by atoms with E-state index in [1.165, 1.54) is 19.3 Å². The molecule has 57 heavy (non-hydrogen) atoms. The Morgan fingerprint density at radius 3 is 2.09 bits per heavy atom. The SMILES string of the molecule is [2H]C([2H])([2H])C(CC(=O)O[C@H]1CC[C@]2(C)[C@H]3CC[C@@H]4[C@H]5[C@H](C6(C)CC6)CC[C@]5(C(=O)N[C@@H]5C[C@H](C(=O)N6CCCCC6)C5(C)C)CC[C@@]4(C)[C@]3(C)CC[C@H]2C1(C)C)(C(=O)O)C([2H])([2H])[2H]. The summed E-state index contributed by atoms with van der Waals surface area (Å²) in [7, 11) is 0. The van der Waals surface area contributed by atoms with Gasteiger partial charge in [-0.15, -0.1) is 0 Å². The minimum atomic E-state index is -3.46. The zero-order valence-electron chi connectivity index (χ0n) is 42.5. The number of amides is 2. The van der Waals surface area contributed by atoms with Crippen molar-refractivity contribution in [1.82, 2.24) is 10.2 Å². The Hall–Kier alpha value is -2.12. The highest BCUT2D eigenvalue weighted by Gasteiger charge is 2.74. The van der Waals surface area contributed by atoms with Crippen LogP contribution in [0.5, 0.6) is 0 Å². The third kappa shape index (κ3) is 6.05. The van der Waals surface area contributed by atoms with Crippen LogP contribution in [0, 0.1) is 78.8 Å². The minimum absolute atomic E-state index is 0.00767. The number of aliphatic carboxylic acids is 1. The smallest absolute Gasteiger partial charge is 0.309 e. The number of carbonyl (C=O) groups excluding carboxylic acids is 3. The van der Waals surface area contributed by atoms with Gasteiger partial charge in [-0.2, -0.15) is 0 Å². The van der Waals surface area contributed by atoms with Gasteiger partial charge >= 0.3 is 11.9 Å². The van der Waals surface area contributed by atoms with Gasteiger partial charge in [0, 0.05) is 38.7 Å². The minimum Gasteiger partial charge on any atom is -0.481 e. The van der Waals surface area contributed by atoms with Gasteiger partial charge in [0.1, 0.15) is 6.10 Å². The molecule has 1 saturated heterocycles. The molecule has 0 aromatic carbocycles. The van der Waals surface area contributed by atoms with Gasteiger partial charge in [0.05, 0.1) is 17.3 Å². The van der Waals surface area contributed by atoms with Crippen LogP contribution in [0.1, 0.15) is 186 Å². The molecule has 0 radical (unpaired) electrons. The molecule has 0 spiro atoms. The maximum Gasteiger partial charge on any atom is 0.309 e. The van der Waals surface area contributed by atoms with E-state index in [9.17, 15) is 19.5 Å². The lowest BCUT2D eigenvalue weighted by Gasteiger charge is -2.73. The van der Waals surface area contributed by atoms with Crippen molar-refractivity contribution in [2.24, 2.45) is 78.8 Å². The number of fused-ring (bicyclic) bond motifs is 7. The van der Waals surface area contributed by atoms with Crippen molar-refractivity contribution in [2.75, 3.05) is 13.1 Å². The summed E-state index contributed by atoms with van der Waals surface area (Å²) in [5.74, 6) is -0.876. The fourth-order valence-electron chi connectivity index (χ4n) is 16.2. The number of likely N-dealkylation sites (tertiary alicyclic amines) is 1. The van der Waals surface area contributed by atoms with E-state index in [4.69, 9.17) is 13.0 Å². The standard InChI is InChI=1S/C49H78N2O6/c1-42(2,41(55)56)29-37(52)57-36-18-19-46(8)33(44(36,5)6)17-20-48(10)34(46)15-14-31-38-30(45(7)22-23-45)16-21-49(38,25-24-47(31,48)9)40(54)50-35-28-32(43(35,3)4)39(53)51-26-12-11-13-27-51/h30-36,38H,11-29H2,1-10H3,(H,50,54)(H,55,56)/t30-,31-,32-,33+,34-,35-,36+,38-,46+,47-,48-,49+/m1/s1/i1D3,2D3. The largest absolute Gasteiger partial charge is 0.481 e. The molecule has 12 atom stereocenters. The van der Waals surface area contributed by atoms with Crippen LogP contribution in [0.15, 0.2) is 0 Å². The van der Waals surface area contributed by atoms with Gasteiger partial charge < -0.3 is 20.1 Å². The van der Waals surface area contributed by atoms with Crippen LogP contribution in [-0.2, 0) is 23.9 Å². The number of ether oxygens (including phenoxy) is 1. The van der Waals surface area contributed by atoms with E-state index in [2.05, 4.69) is 65.6 Å². The molecule has 7 aliphatic carbocycles. The molecule has 0 aromatic heterocycles. The lowest BCUT2D eigenvalue weighted by molar-refractivity contribution is -0.251. The molecular formula is C49H78N2O6. The van der Waals surface area contributed by atoms with E-state index >= 15 is 4.79 Å². The number of rotatable bonds is 8. The second-order valence-corrected chi connectivity index (χ2v) is 23.4. The highest BCUT2D eigenvalue weighted by molar-refractivity contribution is 5.86. The average Bonchev–Trinajstić information content (AvgIpc) is 3.80. The van der Waals surface area contributed by atoms with Crippen LogP contribution in [0.25, 0.3) is 0 Å². The van der Waals surface area contributed by atoms with Crippen LogP contribution in [-0.4, -0.2) is 59.0 Å². The fraction of sp³-hybridized carbons (Fsp3) is 0.918. The molecule has 7 saturated carbocycles. The van der Waals surface area contributed by atoms with E-state index in [1.807, 2.05) is 0 Å². The predicted octanol–water partition coefficient (Wildman–Crippen LogP) is 9.82. The summed E-state index contributed by atoms with van der Waals surface area (Å²) in [4.78, 5) is 56.9. The maximum absolute atomic E-state index is 15.2. The van der Waals surface area contributed by atoms with Gasteiger partial charge in [-0.1, -0.05) is 55.4 Å². The normalized spacial score (nSPS) is 47.2. The van der Waals surface area contributed by atoms with Gasteiger partial charge in [0.2, 0.25) is 11.8 Å². The third-order valence-corrected chi connectivity index (χ3v) is 20.3. The van der Waals surface area contributed by atoms with Gasteiger partial charge in [0.25, 0.3) is 0 Å². The molecule has 0 bridgehead atoms. The number of hydrogen-bond acceptors (Lipinski definition) is 5. The summed E-state index contributed by atoms with van der Waals surface area (Å²) in [6, 6.07) is -0.00767. The first-order valence-corrected chi connectivity index (χ1v) is 23.0. The number of piperidine rings is 1. The highest BCUT2D eigenvalue weighted by atomic mass is 16.5. The summed E-state index contributed by atoms with van der Waals surface area (Å²) in [5, 5.41) is 13.7. The van der Waals surface area contributed by atoms with Crippen molar-refractivity contribution >= 4 is 23.8 Å². The summed E-state index contributed by atoms with van der Waals surface area (Å²) in [5.41, 5.74) is -4.26. The van der Waals surface area contributed by atoms with E-state index in [1.54, 1.807) is 0 Å². The van der Waals surface area contributed by atoms with Crippen molar-refractivity contribution < 1.29 is 37.2 Å². The Balaban J connectivity index is 1.02. The molecule has 8 fully saturated rings. The number of carboxylic acids is 1. The Morgan fingerprint density at radius 1 is 0.754 bits per heavy atom. The van der Waals surface area contributed by atoms with Crippen molar-refractivity contribution in [3.8, 4) is 0 Å². The molecule has 0 unspecified atom stereocenters.